The van der Waals surface area contributed by atoms with Gasteiger partial charge in [-0.05, 0) is 12.1 Å². The summed E-state index contributed by atoms with van der Waals surface area (Å²) in [4.78, 5) is 0. The minimum Gasteiger partial charge on any atom is -0.493 e. The summed E-state index contributed by atoms with van der Waals surface area (Å²) < 4.78 is 10.0. The molecule has 0 aromatic heterocycles. The van der Waals surface area contributed by atoms with E-state index in [1.807, 2.05) is 0 Å². The minimum atomic E-state index is 0.649. The highest BCUT2D eigenvalue weighted by atomic mass is 35.5. The maximum Gasteiger partial charge on any atom is 0.213 e. The highest BCUT2D eigenvalue weighted by molar-refractivity contribution is 6.33. The third kappa shape index (κ3) is 0.656. The molecule has 3 heteroatoms. The minimum absolute atomic E-state index is 0.649. The molecule has 0 N–H and O–H groups in total. The highest BCUT2D eigenvalue weighted by Gasteiger charge is 2.28. The van der Waals surface area contributed by atoms with E-state index < -0.39 is 0 Å². The molecule has 0 saturated heterocycles. The van der Waals surface area contributed by atoms with Crippen molar-refractivity contribution in [3.8, 4) is 17.2 Å². The van der Waals surface area contributed by atoms with Gasteiger partial charge in [-0.2, -0.15) is 0 Å². The van der Waals surface area contributed by atoms with Crippen molar-refractivity contribution in [2.75, 3.05) is 7.11 Å². The molecule has 52 valence electrons. The number of hydrogen-bond donors (Lipinski definition) is 0. The summed E-state index contributed by atoms with van der Waals surface area (Å²) in [7, 11) is 1.60. The summed E-state index contributed by atoms with van der Waals surface area (Å²) in [6.07, 6.45) is 0. The highest BCUT2D eigenvalue weighted by Crippen LogP contribution is 2.56. The van der Waals surface area contributed by atoms with Crippen molar-refractivity contribution in [2.45, 2.75) is 0 Å². The van der Waals surface area contributed by atoms with Crippen molar-refractivity contribution in [1.82, 2.24) is 0 Å². The Hall–Kier alpha value is -0.890. The third-order valence-corrected chi connectivity index (χ3v) is 1.71. The maximum atomic E-state index is 5.71. The number of rotatable bonds is 1. The molecule has 1 aromatic carbocycles. The van der Waals surface area contributed by atoms with Crippen LogP contribution in [0.1, 0.15) is 0 Å². The van der Waals surface area contributed by atoms with E-state index in [1.54, 1.807) is 19.2 Å². The standard InChI is InChI=1S/C7H5ClO2/c1-9-5-3-2-4(8)6-7(5)10-6/h2-3H,1H3. The second kappa shape index (κ2) is 1.80. The molecular weight excluding hydrogens is 152 g/mol. The summed E-state index contributed by atoms with van der Waals surface area (Å²) in [6, 6.07) is 3.54. The molecule has 0 aliphatic carbocycles. The van der Waals surface area contributed by atoms with Crippen LogP contribution in [0.2, 0.25) is 5.02 Å². The number of fused-ring (bicyclic) bond motifs is 1. The Labute approximate surface area is 63.3 Å². The molecule has 2 rings (SSSR count). The van der Waals surface area contributed by atoms with Crippen LogP contribution < -0.4 is 9.47 Å². The van der Waals surface area contributed by atoms with E-state index in [0.717, 1.165) is 17.2 Å². The smallest absolute Gasteiger partial charge is 0.213 e. The summed E-state index contributed by atoms with van der Waals surface area (Å²) in [5.41, 5.74) is 0. The second-order valence-corrected chi connectivity index (χ2v) is 2.42. The van der Waals surface area contributed by atoms with Crippen LogP contribution in [-0.2, 0) is 0 Å². The number of ether oxygens (including phenoxy) is 2. The number of methoxy groups -OCH3 is 1. The molecule has 10 heavy (non-hydrogen) atoms. The molecule has 1 aliphatic rings. The Morgan fingerprint density at radius 1 is 1.40 bits per heavy atom. The first-order chi connectivity index (χ1) is 4.83. The van der Waals surface area contributed by atoms with Gasteiger partial charge in [-0.3, -0.25) is 0 Å². The van der Waals surface area contributed by atoms with Gasteiger partial charge >= 0.3 is 0 Å². The Bertz CT molecular complexity index is 283. The molecule has 0 bridgehead atoms. The van der Waals surface area contributed by atoms with E-state index in [-0.39, 0.29) is 0 Å². The van der Waals surface area contributed by atoms with E-state index in [4.69, 9.17) is 21.1 Å². The van der Waals surface area contributed by atoms with Gasteiger partial charge in [-0.25, -0.2) is 0 Å². The van der Waals surface area contributed by atoms with Gasteiger partial charge in [0, 0.05) is 0 Å². The topological polar surface area (TPSA) is 21.8 Å². The lowest BCUT2D eigenvalue weighted by Gasteiger charge is -1.91. The van der Waals surface area contributed by atoms with Gasteiger partial charge in [0.05, 0.1) is 12.1 Å². The van der Waals surface area contributed by atoms with E-state index in [9.17, 15) is 0 Å². The largest absolute Gasteiger partial charge is 0.493 e. The van der Waals surface area contributed by atoms with Gasteiger partial charge in [0.1, 0.15) is 0 Å². The normalized spacial score (nSPS) is 11.8. The van der Waals surface area contributed by atoms with Crippen LogP contribution in [0.25, 0.3) is 0 Å². The molecule has 0 saturated carbocycles. The predicted molar refractivity (Wildman–Crippen MR) is 38.1 cm³/mol. The molecule has 0 spiro atoms. The van der Waals surface area contributed by atoms with Crippen LogP contribution in [0.4, 0.5) is 0 Å². The van der Waals surface area contributed by atoms with Crippen LogP contribution in [-0.4, -0.2) is 7.11 Å². The van der Waals surface area contributed by atoms with Crippen molar-refractivity contribution >= 4 is 11.6 Å². The zero-order valence-electron chi connectivity index (χ0n) is 5.35. The molecule has 0 fully saturated rings. The molecule has 0 unspecified atom stereocenters. The molecule has 0 amide bonds. The SMILES string of the molecule is COc1ccc(Cl)c2c1O2. The summed E-state index contributed by atoms with van der Waals surface area (Å²) >= 11 is 5.71. The van der Waals surface area contributed by atoms with Crippen molar-refractivity contribution in [3.63, 3.8) is 0 Å². The Kier molecular flexibility index (Phi) is 1.05. The van der Waals surface area contributed by atoms with E-state index in [2.05, 4.69) is 0 Å². The lowest BCUT2D eigenvalue weighted by Crippen LogP contribution is -1.77. The predicted octanol–water partition coefficient (Wildman–Crippen LogP) is 2.45. The van der Waals surface area contributed by atoms with Crippen molar-refractivity contribution < 1.29 is 9.47 Å². The fourth-order valence-electron chi connectivity index (χ4n) is 0.857. The van der Waals surface area contributed by atoms with Gasteiger partial charge in [0.25, 0.3) is 0 Å². The first-order valence-corrected chi connectivity index (χ1v) is 3.25. The third-order valence-electron chi connectivity index (χ3n) is 1.41. The van der Waals surface area contributed by atoms with Gasteiger partial charge in [-0.1, -0.05) is 11.6 Å². The van der Waals surface area contributed by atoms with Crippen LogP contribution in [0.3, 0.4) is 0 Å². The summed E-state index contributed by atoms with van der Waals surface area (Å²) in [6.45, 7) is 0. The quantitative estimate of drug-likeness (QED) is 0.592. The molecule has 2 nitrogen and oxygen atoms in total. The maximum absolute atomic E-state index is 5.71. The zero-order chi connectivity index (χ0) is 7.14. The molecular formula is C7H5ClO2. The monoisotopic (exact) mass is 156 g/mol. The Balaban J connectivity index is 2.53. The second-order valence-electron chi connectivity index (χ2n) is 2.01. The Morgan fingerprint density at radius 2 is 2.20 bits per heavy atom. The molecule has 1 heterocycles. The van der Waals surface area contributed by atoms with Crippen molar-refractivity contribution in [3.05, 3.63) is 17.2 Å². The number of halogens is 1. The average molecular weight is 157 g/mol. The lowest BCUT2D eigenvalue weighted by molar-refractivity contribution is 0.408. The van der Waals surface area contributed by atoms with Crippen LogP contribution in [0, 0.1) is 0 Å². The van der Waals surface area contributed by atoms with E-state index in [1.165, 1.54) is 0 Å². The fourth-order valence-corrected chi connectivity index (χ4v) is 1.04. The average Bonchev–Trinajstić information content (AvgIpc) is 2.68. The Morgan fingerprint density at radius 3 is 2.90 bits per heavy atom. The molecule has 1 aromatic rings. The van der Waals surface area contributed by atoms with Gasteiger partial charge in [0.2, 0.25) is 5.75 Å². The first kappa shape index (κ1) is 5.86. The molecule has 1 aliphatic heterocycles. The summed E-state index contributed by atoms with van der Waals surface area (Å²) in [5.74, 6) is 2.27. The van der Waals surface area contributed by atoms with E-state index in [0.29, 0.717) is 5.02 Å². The fraction of sp³-hybridized carbons (Fsp3) is 0.143. The first-order valence-electron chi connectivity index (χ1n) is 2.87. The van der Waals surface area contributed by atoms with Gasteiger partial charge in [-0.15, -0.1) is 0 Å². The molecule has 0 atom stereocenters. The van der Waals surface area contributed by atoms with Crippen LogP contribution in [0.15, 0.2) is 12.1 Å². The zero-order valence-corrected chi connectivity index (χ0v) is 6.11. The van der Waals surface area contributed by atoms with Crippen LogP contribution in [0.5, 0.6) is 17.2 Å². The number of hydrogen-bond acceptors (Lipinski definition) is 2. The summed E-state index contributed by atoms with van der Waals surface area (Å²) in [5, 5.41) is 0.649. The van der Waals surface area contributed by atoms with Crippen LogP contribution >= 0.6 is 11.6 Å². The van der Waals surface area contributed by atoms with Gasteiger partial charge < -0.3 is 9.47 Å². The van der Waals surface area contributed by atoms with Crippen molar-refractivity contribution in [1.29, 1.82) is 0 Å². The number of benzene rings is 1. The van der Waals surface area contributed by atoms with Gasteiger partial charge in [0.15, 0.2) is 11.5 Å². The molecule has 0 radical (unpaired) electrons. The van der Waals surface area contributed by atoms with Crippen molar-refractivity contribution in [2.24, 2.45) is 0 Å². The van der Waals surface area contributed by atoms with E-state index >= 15 is 0 Å². The lowest BCUT2D eigenvalue weighted by atomic mass is 10.3.